The summed E-state index contributed by atoms with van der Waals surface area (Å²) >= 11 is 6.01. The summed E-state index contributed by atoms with van der Waals surface area (Å²) in [5.41, 5.74) is 6.25. The molecule has 0 fully saturated rings. The van der Waals surface area contributed by atoms with E-state index in [-0.39, 0.29) is 0 Å². The normalized spacial score (nSPS) is 10.4. The Bertz CT molecular complexity index is 561. The van der Waals surface area contributed by atoms with Crippen LogP contribution >= 0.6 is 11.6 Å². The second-order valence-corrected chi connectivity index (χ2v) is 5.18. The molecule has 2 aromatic rings. The number of aryl methyl sites for hydroxylation is 3. The third kappa shape index (κ3) is 3.05. The van der Waals surface area contributed by atoms with E-state index < -0.39 is 0 Å². The summed E-state index contributed by atoms with van der Waals surface area (Å²) in [6.45, 7) is 7.17. The Balaban J connectivity index is 2.13. The molecule has 0 spiro atoms. The fourth-order valence-corrected chi connectivity index (χ4v) is 2.19. The third-order valence-electron chi connectivity index (χ3n) is 3.17. The minimum atomic E-state index is 0.767. The van der Waals surface area contributed by atoms with Gasteiger partial charge in [-0.05, 0) is 49.6 Å². The third-order valence-corrected chi connectivity index (χ3v) is 3.40. The maximum absolute atomic E-state index is 6.01. The minimum absolute atomic E-state index is 0.767. The van der Waals surface area contributed by atoms with Gasteiger partial charge in [-0.2, -0.15) is 0 Å². The Labute approximate surface area is 114 Å². The maximum atomic E-state index is 6.01. The smallest absolute Gasteiger partial charge is 0.0426 e. The SMILES string of the molecule is Cc1ccc(CNc2cc(Cl)ccc2C)c(C)c1. The number of halogens is 1. The van der Waals surface area contributed by atoms with Crippen molar-refractivity contribution < 1.29 is 0 Å². The molecular weight excluding hydrogens is 242 g/mol. The lowest BCUT2D eigenvalue weighted by Crippen LogP contribution is -2.02. The lowest BCUT2D eigenvalue weighted by molar-refractivity contribution is 1.11. The molecule has 1 nitrogen and oxygen atoms in total. The van der Waals surface area contributed by atoms with Gasteiger partial charge in [-0.1, -0.05) is 41.4 Å². The predicted molar refractivity (Wildman–Crippen MR) is 79.4 cm³/mol. The van der Waals surface area contributed by atoms with Gasteiger partial charge < -0.3 is 5.32 Å². The van der Waals surface area contributed by atoms with Crippen LogP contribution < -0.4 is 5.32 Å². The first kappa shape index (κ1) is 13.0. The van der Waals surface area contributed by atoms with E-state index in [1.807, 2.05) is 18.2 Å². The lowest BCUT2D eigenvalue weighted by Gasteiger charge is -2.12. The average molecular weight is 260 g/mol. The van der Waals surface area contributed by atoms with Gasteiger partial charge in [0.2, 0.25) is 0 Å². The standard InChI is InChI=1S/C16H18ClN/c1-11-4-6-14(13(3)8-11)10-18-16-9-15(17)7-5-12(16)2/h4-9,18H,10H2,1-3H3. The van der Waals surface area contributed by atoms with E-state index in [0.717, 1.165) is 17.3 Å². The van der Waals surface area contributed by atoms with Crippen molar-refractivity contribution in [3.8, 4) is 0 Å². The highest BCUT2D eigenvalue weighted by atomic mass is 35.5. The van der Waals surface area contributed by atoms with Crippen LogP contribution in [0.2, 0.25) is 5.02 Å². The first-order chi connectivity index (χ1) is 8.56. The van der Waals surface area contributed by atoms with Gasteiger partial charge in [0.1, 0.15) is 0 Å². The summed E-state index contributed by atoms with van der Waals surface area (Å²) in [6.07, 6.45) is 0. The van der Waals surface area contributed by atoms with E-state index in [9.17, 15) is 0 Å². The monoisotopic (exact) mass is 259 g/mol. The highest BCUT2D eigenvalue weighted by Crippen LogP contribution is 2.21. The van der Waals surface area contributed by atoms with Gasteiger partial charge in [0.25, 0.3) is 0 Å². The molecule has 0 heterocycles. The van der Waals surface area contributed by atoms with Crippen molar-refractivity contribution in [1.82, 2.24) is 0 Å². The molecular formula is C16H18ClN. The molecule has 1 N–H and O–H groups in total. The largest absolute Gasteiger partial charge is 0.381 e. The van der Waals surface area contributed by atoms with Crippen LogP contribution in [-0.2, 0) is 6.54 Å². The van der Waals surface area contributed by atoms with Crippen LogP contribution in [0.5, 0.6) is 0 Å². The van der Waals surface area contributed by atoms with E-state index in [4.69, 9.17) is 11.6 Å². The second kappa shape index (κ2) is 5.45. The Hall–Kier alpha value is -1.47. The van der Waals surface area contributed by atoms with Crippen molar-refractivity contribution in [2.75, 3.05) is 5.32 Å². The molecule has 2 heteroatoms. The Kier molecular flexibility index (Phi) is 3.93. The Morgan fingerprint density at radius 2 is 1.72 bits per heavy atom. The number of anilines is 1. The van der Waals surface area contributed by atoms with Gasteiger partial charge in [0, 0.05) is 17.3 Å². The number of hydrogen-bond acceptors (Lipinski definition) is 1. The molecule has 0 amide bonds. The van der Waals surface area contributed by atoms with Crippen LogP contribution in [0.1, 0.15) is 22.3 Å². The highest BCUT2D eigenvalue weighted by Gasteiger charge is 2.01. The molecule has 0 aliphatic rings. The summed E-state index contributed by atoms with van der Waals surface area (Å²) in [4.78, 5) is 0. The molecule has 2 aromatic carbocycles. The summed E-state index contributed by atoms with van der Waals surface area (Å²) in [7, 11) is 0. The van der Waals surface area contributed by atoms with E-state index in [0.29, 0.717) is 0 Å². The van der Waals surface area contributed by atoms with E-state index in [2.05, 4.69) is 44.3 Å². The van der Waals surface area contributed by atoms with Crippen molar-refractivity contribution in [3.63, 3.8) is 0 Å². The van der Waals surface area contributed by atoms with Crippen LogP contribution in [0.4, 0.5) is 5.69 Å². The molecule has 18 heavy (non-hydrogen) atoms. The fraction of sp³-hybridized carbons (Fsp3) is 0.250. The van der Waals surface area contributed by atoms with E-state index >= 15 is 0 Å². The van der Waals surface area contributed by atoms with Crippen LogP contribution in [0, 0.1) is 20.8 Å². The lowest BCUT2D eigenvalue weighted by atomic mass is 10.1. The molecule has 0 unspecified atom stereocenters. The fourth-order valence-electron chi connectivity index (χ4n) is 2.02. The van der Waals surface area contributed by atoms with E-state index in [1.165, 1.54) is 22.3 Å². The first-order valence-electron chi connectivity index (χ1n) is 6.12. The molecule has 0 saturated heterocycles. The van der Waals surface area contributed by atoms with Gasteiger partial charge in [-0.15, -0.1) is 0 Å². The zero-order valence-electron chi connectivity index (χ0n) is 11.0. The van der Waals surface area contributed by atoms with Crippen LogP contribution in [0.3, 0.4) is 0 Å². The van der Waals surface area contributed by atoms with Crippen LogP contribution in [-0.4, -0.2) is 0 Å². The van der Waals surface area contributed by atoms with Gasteiger partial charge in [-0.25, -0.2) is 0 Å². The molecule has 0 aromatic heterocycles. The van der Waals surface area contributed by atoms with Crippen LogP contribution in [0.25, 0.3) is 0 Å². The molecule has 0 radical (unpaired) electrons. The first-order valence-corrected chi connectivity index (χ1v) is 6.50. The van der Waals surface area contributed by atoms with E-state index in [1.54, 1.807) is 0 Å². The summed E-state index contributed by atoms with van der Waals surface area (Å²) in [6, 6.07) is 12.5. The van der Waals surface area contributed by atoms with Gasteiger partial charge in [0.05, 0.1) is 0 Å². The zero-order valence-corrected chi connectivity index (χ0v) is 11.8. The van der Waals surface area contributed by atoms with Gasteiger partial charge in [-0.3, -0.25) is 0 Å². The van der Waals surface area contributed by atoms with Gasteiger partial charge in [0.15, 0.2) is 0 Å². The van der Waals surface area contributed by atoms with Crippen molar-refractivity contribution >= 4 is 17.3 Å². The van der Waals surface area contributed by atoms with Crippen LogP contribution in [0.15, 0.2) is 36.4 Å². The Morgan fingerprint density at radius 3 is 2.44 bits per heavy atom. The minimum Gasteiger partial charge on any atom is -0.381 e. The van der Waals surface area contributed by atoms with Crippen molar-refractivity contribution in [1.29, 1.82) is 0 Å². The molecule has 2 rings (SSSR count). The summed E-state index contributed by atoms with van der Waals surface area (Å²) < 4.78 is 0. The molecule has 0 bridgehead atoms. The van der Waals surface area contributed by atoms with Crippen molar-refractivity contribution in [3.05, 3.63) is 63.7 Å². The second-order valence-electron chi connectivity index (χ2n) is 4.74. The summed E-state index contributed by atoms with van der Waals surface area (Å²) in [5, 5.41) is 4.21. The topological polar surface area (TPSA) is 12.0 Å². The number of hydrogen-bond donors (Lipinski definition) is 1. The average Bonchev–Trinajstić information content (AvgIpc) is 2.32. The quantitative estimate of drug-likeness (QED) is 0.829. The Morgan fingerprint density at radius 1 is 0.944 bits per heavy atom. The van der Waals surface area contributed by atoms with Gasteiger partial charge >= 0.3 is 0 Å². The van der Waals surface area contributed by atoms with Crippen molar-refractivity contribution in [2.45, 2.75) is 27.3 Å². The van der Waals surface area contributed by atoms with Crippen molar-refractivity contribution in [2.24, 2.45) is 0 Å². The molecule has 94 valence electrons. The number of benzene rings is 2. The molecule has 0 atom stereocenters. The molecule has 0 aliphatic heterocycles. The summed E-state index contributed by atoms with van der Waals surface area (Å²) in [5.74, 6) is 0. The number of nitrogens with one attached hydrogen (secondary N) is 1. The molecule has 0 aliphatic carbocycles. The molecule has 0 saturated carbocycles. The predicted octanol–water partition coefficient (Wildman–Crippen LogP) is 4.88. The number of rotatable bonds is 3. The maximum Gasteiger partial charge on any atom is 0.0426 e. The highest BCUT2D eigenvalue weighted by molar-refractivity contribution is 6.30. The zero-order chi connectivity index (χ0) is 13.1.